The standard InChI is InChI=1S/C10H8BrN3S/c1-6-4-12-3-2-7(6)9-13-5-8(11)10(15)14-9/h2-5H,1H3,(H,13,14,15). The first kappa shape index (κ1) is 10.4. The zero-order valence-electron chi connectivity index (χ0n) is 7.99. The summed E-state index contributed by atoms with van der Waals surface area (Å²) in [7, 11) is 0. The van der Waals surface area contributed by atoms with Gasteiger partial charge in [-0.25, -0.2) is 4.98 Å². The van der Waals surface area contributed by atoms with Gasteiger partial charge in [0.2, 0.25) is 0 Å². The molecule has 2 rings (SSSR count). The number of hydrogen-bond acceptors (Lipinski definition) is 3. The van der Waals surface area contributed by atoms with Crippen LogP contribution in [0.5, 0.6) is 0 Å². The number of hydrogen-bond donors (Lipinski definition) is 1. The van der Waals surface area contributed by atoms with Crippen LogP contribution in [0.2, 0.25) is 0 Å². The summed E-state index contributed by atoms with van der Waals surface area (Å²) in [4.78, 5) is 11.4. The largest absolute Gasteiger partial charge is 0.330 e. The first-order valence-corrected chi connectivity index (χ1v) is 5.54. The van der Waals surface area contributed by atoms with Crippen LogP contribution in [0.15, 0.2) is 29.1 Å². The van der Waals surface area contributed by atoms with Crippen molar-refractivity contribution in [3.63, 3.8) is 0 Å². The van der Waals surface area contributed by atoms with E-state index in [0.29, 0.717) is 4.64 Å². The van der Waals surface area contributed by atoms with Gasteiger partial charge in [0, 0.05) is 24.2 Å². The zero-order chi connectivity index (χ0) is 10.8. The molecule has 2 aromatic rings. The second-order valence-corrected chi connectivity index (χ2v) is 4.36. The normalized spacial score (nSPS) is 10.3. The molecular weight excluding hydrogens is 274 g/mol. The maximum atomic E-state index is 5.13. The van der Waals surface area contributed by atoms with E-state index in [1.165, 1.54) is 0 Å². The molecule has 5 heteroatoms. The summed E-state index contributed by atoms with van der Waals surface area (Å²) in [5.41, 5.74) is 2.08. The van der Waals surface area contributed by atoms with E-state index in [1.54, 1.807) is 18.6 Å². The molecule has 76 valence electrons. The molecule has 0 bridgehead atoms. The van der Waals surface area contributed by atoms with Crippen molar-refractivity contribution in [1.82, 2.24) is 15.0 Å². The van der Waals surface area contributed by atoms with Gasteiger partial charge in [0.15, 0.2) is 0 Å². The highest BCUT2D eigenvalue weighted by atomic mass is 79.9. The van der Waals surface area contributed by atoms with Gasteiger partial charge in [0.25, 0.3) is 0 Å². The smallest absolute Gasteiger partial charge is 0.138 e. The Balaban J connectivity index is 2.60. The van der Waals surface area contributed by atoms with Crippen LogP contribution in [0.4, 0.5) is 0 Å². The van der Waals surface area contributed by atoms with Crippen LogP contribution in [0.25, 0.3) is 11.4 Å². The molecule has 0 saturated carbocycles. The van der Waals surface area contributed by atoms with E-state index < -0.39 is 0 Å². The van der Waals surface area contributed by atoms with Crippen LogP contribution in [0, 0.1) is 11.6 Å². The maximum absolute atomic E-state index is 5.13. The molecule has 0 spiro atoms. The number of nitrogens with zero attached hydrogens (tertiary/aromatic N) is 2. The van der Waals surface area contributed by atoms with Crippen molar-refractivity contribution in [1.29, 1.82) is 0 Å². The van der Waals surface area contributed by atoms with E-state index in [1.807, 2.05) is 13.0 Å². The topological polar surface area (TPSA) is 41.6 Å². The first-order valence-electron chi connectivity index (χ1n) is 4.34. The Morgan fingerprint density at radius 3 is 2.87 bits per heavy atom. The quantitative estimate of drug-likeness (QED) is 0.816. The average molecular weight is 282 g/mol. The minimum absolute atomic E-state index is 0.649. The molecule has 0 unspecified atom stereocenters. The molecule has 3 nitrogen and oxygen atoms in total. The molecule has 15 heavy (non-hydrogen) atoms. The van der Waals surface area contributed by atoms with Gasteiger partial charge in [-0.1, -0.05) is 12.2 Å². The highest BCUT2D eigenvalue weighted by Crippen LogP contribution is 2.19. The third kappa shape index (κ3) is 2.13. The fourth-order valence-corrected chi connectivity index (χ4v) is 1.61. The molecule has 0 fully saturated rings. The summed E-state index contributed by atoms with van der Waals surface area (Å²) in [6.45, 7) is 1.99. The molecule has 2 heterocycles. The maximum Gasteiger partial charge on any atom is 0.138 e. The Hall–Kier alpha value is -1.07. The zero-order valence-corrected chi connectivity index (χ0v) is 10.4. The summed E-state index contributed by atoms with van der Waals surface area (Å²) in [6, 6.07) is 1.91. The van der Waals surface area contributed by atoms with Gasteiger partial charge in [-0.15, -0.1) is 0 Å². The third-order valence-electron chi connectivity index (χ3n) is 2.03. The SMILES string of the molecule is Cc1cnccc1-c1ncc(Br)c(=S)[nH]1. The Kier molecular flexibility index (Phi) is 2.93. The third-order valence-corrected chi connectivity index (χ3v) is 3.22. The van der Waals surface area contributed by atoms with Crippen molar-refractivity contribution >= 4 is 28.1 Å². The summed E-state index contributed by atoms with van der Waals surface area (Å²) in [6.07, 6.45) is 5.24. The van der Waals surface area contributed by atoms with Crippen molar-refractivity contribution in [2.75, 3.05) is 0 Å². The summed E-state index contributed by atoms with van der Waals surface area (Å²) in [5, 5.41) is 0. The van der Waals surface area contributed by atoms with Crippen LogP contribution in [-0.2, 0) is 0 Å². The molecule has 0 amide bonds. The predicted octanol–water partition coefficient (Wildman–Crippen LogP) is 3.27. The van der Waals surface area contributed by atoms with Crippen molar-refractivity contribution in [3.05, 3.63) is 39.3 Å². The summed E-state index contributed by atoms with van der Waals surface area (Å²) < 4.78 is 1.45. The van der Waals surface area contributed by atoms with Gasteiger partial charge < -0.3 is 4.98 Å². The fraction of sp³-hybridized carbons (Fsp3) is 0.100. The molecule has 0 atom stereocenters. The molecule has 0 radical (unpaired) electrons. The number of halogens is 1. The van der Waals surface area contributed by atoms with Gasteiger partial charge in [0.05, 0.1) is 4.47 Å². The Morgan fingerprint density at radius 2 is 2.20 bits per heavy atom. The number of aromatic nitrogens is 3. The van der Waals surface area contributed by atoms with Crippen molar-refractivity contribution in [2.24, 2.45) is 0 Å². The minimum Gasteiger partial charge on any atom is -0.330 e. The monoisotopic (exact) mass is 281 g/mol. The van der Waals surface area contributed by atoms with Crippen LogP contribution in [-0.4, -0.2) is 15.0 Å². The summed E-state index contributed by atoms with van der Waals surface area (Å²) >= 11 is 8.44. The molecule has 0 aliphatic rings. The van der Waals surface area contributed by atoms with E-state index in [2.05, 4.69) is 30.9 Å². The highest BCUT2D eigenvalue weighted by Gasteiger charge is 2.03. The molecule has 2 aromatic heterocycles. The van der Waals surface area contributed by atoms with Crippen LogP contribution < -0.4 is 0 Å². The molecule has 1 N–H and O–H groups in total. The summed E-state index contributed by atoms with van der Waals surface area (Å²) in [5.74, 6) is 0.767. The number of pyridine rings is 1. The average Bonchev–Trinajstić information content (AvgIpc) is 2.23. The lowest BCUT2D eigenvalue weighted by atomic mass is 10.1. The Bertz CT molecular complexity index is 550. The lowest BCUT2D eigenvalue weighted by molar-refractivity contribution is 1.13. The molecule has 0 aliphatic carbocycles. The van der Waals surface area contributed by atoms with Gasteiger partial charge in [-0.3, -0.25) is 4.98 Å². The minimum atomic E-state index is 0.649. The van der Waals surface area contributed by atoms with E-state index in [0.717, 1.165) is 21.4 Å². The van der Waals surface area contributed by atoms with Crippen LogP contribution in [0.3, 0.4) is 0 Å². The highest BCUT2D eigenvalue weighted by molar-refractivity contribution is 9.10. The van der Waals surface area contributed by atoms with Crippen molar-refractivity contribution in [2.45, 2.75) is 6.92 Å². The van der Waals surface area contributed by atoms with Gasteiger partial charge in [0.1, 0.15) is 10.5 Å². The second kappa shape index (κ2) is 4.20. The van der Waals surface area contributed by atoms with E-state index in [9.17, 15) is 0 Å². The first-order chi connectivity index (χ1) is 7.18. The molecule has 0 aliphatic heterocycles. The van der Waals surface area contributed by atoms with Gasteiger partial charge in [-0.2, -0.15) is 0 Å². The number of aromatic amines is 1. The lowest BCUT2D eigenvalue weighted by Gasteiger charge is -2.04. The number of nitrogens with one attached hydrogen (secondary N) is 1. The number of rotatable bonds is 1. The number of H-pyrrole nitrogens is 1. The van der Waals surface area contributed by atoms with E-state index >= 15 is 0 Å². The second-order valence-electron chi connectivity index (χ2n) is 3.10. The predicted molar refractivity (Wildman–Crippen MR) is 65.1 cm³/mol. The van der Waals surface area contributed by atoms with Crippen molar-refractivity contribution in [3.8, 4) is 11.4 Å². The van der Waals surface area contributed by atoms with Crippen molar-refractivity contribution < 1.29 is 0 Å². The van der Waals surface area contributed by atoms with E-state index in [4.69, 9.17) is 12.2 Å². The fourth-order valence-electron chi connectivity index (χ4n) is 1.26. The van der Waals surface area contributed by atoms with Gasteiger partial charge >= 0.3 is 0 Å². The van der Waals surface area contributed by atoms with Crippen LogP contribution in [0.1, 0.15) is 5.56 Å². The Labute approximate surface area is 101 Å². The Morgan fingerprint density at radius 1 is 1.40 bits per heavy atom. The van der Waals surface area contributed by atoms with E-state index in [-0.39, 0.29) is 0 Å². The molecular formula is C10H8BrN3S. The van der Waals surface area contributed by atoms with Gasteiger partial charge in [-0.05, 0) is 34.5 Å². The van der Waals surface area contributed by atoms with Crippen LogP contribution >= 0.6 is 28.1 Å². The number of aryl methyl sites for hydroxylation is 1. The lowest BCUT2D eigenvalue weighted by Crippen LogP contribution is -1.92. The molecule has 0 aromatic carbocycles. The molecule has 0 saturated heterocycles.